The third kappa shape index (κ3) is 2.68. The van der Waals surface area contributed by atoms with Crippen LogP contribution in [0.25, 0.3) is 0 Å². The summed E-state index contributed by atoms with van der Waals surface area (Å²) in [5, 5.41) is 7.51. The van der Waals surface area contributed by atoms with Gasteiger partial charge in [-0.05, 0) is 31.0 Å². The second kappa shape index (κ2) is 5.79. The molecule has 1 aliphatic rings. The molecule has 0 spiro atoms. The van der Waals surface area contributed by atoms with Crippen LogP contribution in [-0.4, -0.2) is 47.2 Å². The largest absolute Gasteiger partial charge is 0.417 e. The van der Waals surface area contributed by atoms with E-state index in [0.717, 1.165) is 13.1 Å². The number of aryl methyl sites for hydroxylation is 2. The Morgan fingerprint density at radius 2 is 1.82 bits per heavy atom. The zero-order valence-electron chi connectivity index (χ0n) is 13.2. The van der Waals surface area contributed by atoms with Crippen LogP contribution < -0.4 is 4.90 Å². The zero-order valence-corrected chi connectivity index (χ0v) is 13.2. The Balaban J connectivity index is 1.67. The highest BCUT2D eigenvalue weighted by atomic mass is 16.4. The van der Waals surface area contributed by atoms with Crippen LogP contribution in [-0.2, 0) is 0 Å². The fourth-order valence-electron chi connectivity index (χ4n) is 2.75. The molecular weight excluding hydrogens is 280 g/mol. The van der Waals surface area contributed by atoms with Gasteiger partial charge in [-0.1, -0.05) is 12.1 Å². The predicted molar refractivity (Wildman–Crippen MR) is 83.1 cm³/mol. The van der Waals surface area contributed by atoms with Crippen molar-refractivity contribution in [2.45, 2.75) is 20.8 Å². The third-order valence-electron chi connectivity index (χ3n) is 4.19. The number of piperazine rings is 1. The maximum Gasteiger partial charge on any atom is 0.311 e. The number of anilines is 1. The molecule has 0 saturated carbocycles. The summed E-state index contributed by atoms with van der Waals surface area (Å²) in [4.78, 5) is 16.4. The summed E-state index contributed by atoms with van der Waals surface area (Å²) < 4.78 is 5.22. The first-order valence-electron chi connectivity index (χ1n) is 7.47. The van der Waals surface area contributed by atoms with Gasteiger partial charge >= 0.3 is 11.8 Å². The molecule has 0 atom stereocenters. The van der Waals surface area contributed by atoms with Gasteiger partial charge in [-0.15, -0.1) is 10.2 Å². The van der Waals surface area contributed by atoms with Crippen LogP contribution in [0.4, 0.5) is 5.69 Å². The summed E-state index contributed by atoms with van der Waals surface area (Å²) in [6, 6.07) is 6.34. The standard InChI is InChI=1S/C16H20N4O2/c1-11-5-4-6-14(12(11)2)19-7-9-20(10-8-19)16(21)15-18-17-13(3)22-15/h4-6H,7-10H2,1-3H3. The summed E-state index contributed by atoms with van der Waals surface area (Å²) >= 11 is 0. The molecule has 22 heavy (non-hydrogen) atoms. The zero-order chi connectivity index (χ0) is 15.7. The maximum absolute atomic E-state index is 12.3. The number of carbonyl (C=O) groups is 1. The van der Waals surface area contributed by atoms with Gasteiger partial charge in [0.25, 0.3) is 0 Å². The van der Waals surface area contributed by atoms with Gasteiger partial charge in [-0.25, -0.2) is 0 Å². The van der Waals surface area contributed by atoms with Crippen LogP contribution in [0, 0.1) is 20.8 Å². The van der Waals surface area contributed by atoms with Crippen molar-refractivity contribution in [3.8, 4) is 0 Å². The first-order valence-corrected chi connectivity index (χ1v) is 7.47. The molecule has 116 valence electrons. The topological polar surface area (TPSA) is 62.5 Å². The van der Waals surface area contributed by atoms with Crippen LogP contribution in [0.3, 0.4) is 0 Å². The minimum Gasteiger partial charge on any atom is -0.417 e. The fraction of sp³-hybridized carbons (Fsp3) is 0.438. The molecule has 6 heteroatoms. The van der Waals surface area contributed by atoms with Crippen LogP contribution in [0.1, 0.15) is 27.7 Å². The minimum absolute atomic E-state index is 0.0812. The van der Waals surface area contributed by atoms with E-state index in [1.165, 1.54) is 16.8 Å². The molecule has 0 N–H and O–H groups in total. The Morgan fingerprint density at radius 1 is 1.09 bits per heavy atom. The average molecular weight is 300 g/mol. The van der Waals surface area contributed by atoms with E-state index in [9.17, 15) is 4.79 Å². The Hall–Kier alpha value is -2.37. The Morgan fingerprint density at radius 3 is 2.45 bits per heavy atom. The summed E-state index contributed by atoms with van der Waals surface area (Å²) in [5.41, 5.74) is 3.84. The van der Waals surface area contributed by atoms with Gasteiger partial charge in [-0.3, -0.25) is 4.79 Å². The molecule has 2 heterocycles. The number of rotatable bonds is 2. The van der Waals surface area contributed by atoms with Crippen molar-refractivity contribution in [1.29, 1.82) is 0 Å². The maximum atomic E-state index is 12.3. The van der Waals surface area contributed by atoms with Gasteiger partial charge in [0.1, 0.15) is 0 Å². The lowest BCUT2D eigenvalue weighted by molar-refractivity contribution is 0.0705. The molecule has 1 aromatic carbocycles. The van der Waals surface area contributed by atoms with Gasteiger partial charge < -0.3 is 14.2 Å². The highest BCUT2D eigenvalue weighted by Gasteiger charge is 2.26. The molecule has 0 bridgehead atoms. The molecule has 0 radical (unpaired) electrons. The predicted octanol–water partition coefficient (Wildman–Crippen LogP) is 1.96. The van der Waals surface area contributed by atoms with Crippen LogP contribution in [0.2, 0.25) is 0 Å². The molecule has 1 saturated heterocycles. The molecule has 0 aliphatic carbocycles. The van der Waals surface area contributed by atoms with E-state index < -0.39 is 0 Å². The number of nitrogens with zero attached hydrogens (tertiary/aromatic N) is 4. The van der Waals surface area contributed by atoms with E-state index in [1.54, 1.807) is 11.8 Å². The van der Waals surface area contributed by atoms with Gasteiger partial charge in [-0.2, -0.15) is 0 Å². The Labute approximate surface area is 129 Å². The Kier molecular flexibility index (Phi) is 3.83. The van der Waals surface area contributed by atoms with E-state index in [-0.39, 0.29) is 11.8 Å². The van der Waals surface area contributed by atoms with Gasteiger partial charge in [0.05, 0.1) is 0 Å². The molecular formula is C16H20N4O2. The summed E-state index contributed by atoms with van der Waals surface area (Å²) in [6.07, 6.45) is 0. The summed E-state index contributed by atoms with van der Waals surface area (Å²) in [5.74, 6) is 0.316. The van der Waals surface area contributed by atoms with Crippen molar-refractivity contribution in [2.75, 3.05) is 31.1 Å². The smallest absolute Gasteiger partial charge is 0.311 e. The molecule has 1 aromatic heterocycles. The monoisotopic (exact) mass is 300 g/mol. The lowest BCUT2D eigenvalue weighted by Crippen LogP contribution is -2.49. The lowest BCUT2D eigenvalue weighted by Gasteiger charge is -2.36. The second-order valence-electron chi connectivity index (χ2n) is 5.62. The van der Waals surface area contributed by atoms with E-state index in [4.69, 9.17) is 4.42 Å². The van der Waals surface area contributed by atoms with Gasteiger partial charge in [0, 0.05) is 38.8 Å². The van der Waals surface area contributed by atoms with Crippen molar-refractivity contribution in [1.82, 2.24) is 15.1 Å². The third-order valence-corrected chi connectivity index (χ3v) is 4.19. The SMILES string of the molecule is Cc1nnc(C(=O)N2CCN(c3cccc(C)c3C)CC2)o1. The first-order chi connectivity index (χ1) is 10.6. The molecule has 2 aromatic rings. The van der Waals surface area contributed by atoms with Crippen molar-refractivity contribution >= 4 is 11.6 Å². The minimum atomic E-state index is -0.179. The van der Waals surface area contributed by atoms with Crippen LogP contribution >= 0.6 is 0 Å². The van der Waals surface area contributed by atoms with Crippen molar-refractivity contribution in [3.63, 3.8) is 0 Å². The number of carbonyl (C=O) groups excluding carboxylic acids is 1. The number of hydrogen-bond acceptors (Lipinski definition) is 5. The van der Waals surface area contributed by atoms with Gasteiger partial charge in [0.2, 0.25) is 5.89 Å². The molecule has 3 rings (SSSR count). The van der Waals surface area contributed by atoms with Crippen molar-refractivity contribution in [3.05, 3.63) is 41.1 Å². The molecule has 0 unspecified atom stereocenters. The second-order valence-corrected chi connectivity index (χ2v) is 5.62. The summed E-state index contributed by atoms with van der Waals surface area (Å²) in [7, 11) is 0. The Bertz CT molecular complexity index is 687. The van der Waals surface area contributed by atoms with E-state index in [2.05, 4.69) is 47.1 Å². The first kappa shape index (κ1) is 14.6. The normalized spacial score (nSPS) is 15.2. The van der Waals surface area contributed by atoms with E-state index in [0.29, 0.717) is 19.0 Å². The molecule has 1 fully saturated rings. The number of benzene rings is 1. The quantitative estimate of drug-likeness (QED) is 0.848. The number of hydrogen-bond donors (Lipinski definition) is 0. The number of amides is 1. The average Bonchev–Trinajstić information content (AvgIpc) is 2.96. The van der Waals surface area contributed by atoms with E-state index >= 15 is 0 Å². The number of aromatic nitrogens is 2. The molecule has 1 aliphatic heterocycles. The van der Waals surface area contributed by atoms with Crippen LogP contribution in [0.5, 0.6) is 0 Å². The highest BCUT2D eigenvalue weighted by molar-refractivity contribution is 5.89. The van der Waals surface area contributed by atoms with Crippen molar-refractivity contribution in [2.24, 2.45) is 0 Å². The fourth-order valence-corrected chi connectivity index (χ4v) is 2.75. The van der Waals surface area contributed by atoms with Crippen molar-refractivity contribution < 1.29 is 9.21 Å². The highest BCUT2D eigenvalue weighted by Crippen LogP contribution is 2.24. The lowest BCUT2D eigenvalue weighted by atomic mass is 10.1. The molecule has 1 amide bonds. The molecule has 6 nitrogen and oxygen atoms in total. The van der Waals surface area contributed by atoms with Crippen LogP contribution in [0.15, 0.2) is 22.6 Å². The van der Waals surface area contributed by atoms with Gasteiger partial charge in [0.15, 0.2) is 0 Å². The van der Waals surface area contributed by atoms with E-state index in [1.807, 2.05) is 0 Å². The summed E-state index contributed by atoms with van der Waals surface area (Å²) in [6.45, 7) is 8.88.